The molecule has 1 aromatic carbocycles. The normalized spacial score (nSPS) is 18.2. The molecule has 146 valence electrons. The lowest BCUT2D eigenvalue weighted by atomic mass is 10.0. The van der Waals surface area contributed by atoms with Crippen LogP contribution in [0.5, 0.6) is 0 Å². The molecule has 1 spiro atoms. The van der Waals surface area contributed by atoms with E-state index in [1.807, 2.05) is 31.2 Å². The van der Waals surface area contributed by atoms with Crippen LogP contribution in [-0.2, 0) is 9.47 Å². The van der Waals surface area contributed by atoms with Crippen molar-refractivity contribution in [3.05, 3.63) is 59.4 Å². The van der Waals surface area contributed by atoms with Crippen LogP contribution in [0.25, 0.3) is 0 Å². The van der Waals surface area contributed by atoms with Crippen LogP contribution in [-0.4, -0.2) is 53.8 Å². The van der Waals surface area contributed by atoms with E-state index in [0.29, 0.717) is 56.0 Å². The zero-order valence-corrected chi connectivity index (χ0v) is 15.8. The van der Waals surface area contributed by atoms with Gasteiger partial charge in [0.1, 0.15) is 0 Å². The Labute approximate surface area is 163 Å². The van der Waals surface area contributed by atoms with Gasteiger partial charge in [0.25, 0.3) is 11.8 Å². The van der Waals surface area contributed by atoms with Crippen molar-refractivity contribution in [3.63, 3.8) is 0 Å². The number of pyridine rings is 1. The summed E-state index contributed by atoms with van der Waals surface area (Å²) >= 11 is 0. The Bertz CT molecular complexity index is 865. The number of ether oxygens (including phenoxy) is 2. The third-order valence-corrected chi connectivity index (χ3v) is 5.18. The van der Waals surface area contributed by atoms with Crippen LogP contribution in [0.2, 0.25) is 0 Å². The maximum atomic E-state index is 12.8. The zero-order valence-electron chi connectivity index (χ0n) is 15.8. The highest BCUT2D eigenvalue weighted by Crippen LogP contribution is 2.31. The Morgan fingerprint density at radius 2 is 1.68 bits per heavy atom. The summed E-state index contributed by atoms with van der Waals surface area (Å²) < 4.78 is 11.4. The third kappa shape index (κ3) is 3.90. The fourth-order valence-corrected chi connectivity index (χ4v) is 3.54. The van der Waals surface area contributed by atoms with Gasteiger partial charge in [-0.15, -0.1) is 0 Å². The van der Waals surface area contributed by atoms with Gasteiger partial charge in [-0.05, 0) is 25.1 Å². The molecule has 2 aliphatic heterocycles. The monoisotopic (exact) mass is 381 g/mol. The van der Waals surface area contributed by atoms with Gasteiger partial charge in [0.05, 0.1) is 24.3 Å². The van der Waals surface area contributed by atoms with Crippen molar-refractivity contribution in [2.24, 2.45) is 0 Å². The molecule has 0 bridgehead atoms. The van der Waals surface area contributed by atoms with E-state index < -0.39 is 5.79 Å². The standard InChI is InChI=1S/C21H23N3O4/c1-15-2-4-18(5-3-15)23-19(25)16-12-17(14-22-13-16)20(26)24-8-6-21(7-9-24)27-10-11-28-21/h2-5,12-14H,6-11H2,1H3,(H,23,25). The van der Waals surface area contributed by atoms with E-state index in [1.165, 1.54) is 12.4 Å². The number of carbonyl (C=O) groups excluding carboxylic acids is 2. The van der Waals surface area contributed by atoms with Crippen LogP contribution in [0, 0.1) is 6.92 Å². The van der Waals surface area contributed by atoms with E-state index in [4.69, 9.17) is 9.47 Å². The van der Waals surface area contributed by atoms with E-state index in [1.54, 1.807) is 11.0 Å². The van der Waals surface area contributed by atoms with Gasteiger partial charge in [0.15, 0.2) is 5.79 Å². The summed E-state index contributed by atoms with van der Waals surface area (Å²) in [7, 11) is 0. The molecule has 0 saturated carbocycles. The molecule has 1 aromatic heterocycles. The molecule has 28 heavy (non-hydrogen) atoms. The zero-order chi connectivity index (χ0) is 19.6. The average molecular weight is 381 g/mol. The largest absolute Gasteiger partial charge is 0.347 e. The number of aryl methyl sites for hydroxylation is 1. The first kappa shape index (κ1) is 18.6. The Hall–Kier alpha value is -2.77. The van der Waals surface area contributed by atoms with Crippen LogP contribution in [0.15, 0.2) is 42.7 Å². The molecule has 3 heterocycles. The number of piperidine rings is 1. The van der Waals surface area contributed by atoms with Gasteiger partial charge < -0.3 is 19.7 Å². The van der Waals surface area contributed by atoms with Crippen molar-refractivity contribution in [3.8, 4) is 0 Å². The summed E-state index contributed by atoms with van der Waals surface area (Å²) in [4.78, 5) is 31.2. The van der Waals surface area contributed by atoms with Gasteiger partial charge in [-0.25, -0.2) is 0 Å². The summed E-state index contributed by atoms with van der Waals surface area (Å²) in [6.45, 7) is 4.31. The molecule has 2 fully saturated rings. The highest BCUT2D eigenvalue weighted by Gasteiger charge is 2.40. The van der Waals surface area contributed by atoms with Gasteiger partial charge in [0.2, 0.25) is 0 Å². The van der Waals surface area contributed by atoms with Crippen molar-refractivity contribution in [1.82, 2.24) is 9.88 Å². The molecule has 0 aliphatic carbocycles. The molecule has 2 amide bonds. The Balaban J connectivity index is 1.42. The van der Waals surface area contributed by atoms with Gasteiger partial charge in [0, 0.05) is 44.0 Å². The first-order chi connectivity index (χ1) is 13.5. The molecule has 7 nitrogen and oxygen atoms in total. The summed E-state index contributed by atoms with van der Waals surface area (Å²) in [6.07, 6.45) is 4.27. The first-order valence-corrected chi connectivity index (χ1v) is 9.45. The van der Waals surface area contributed by atoms with Crippen LogP contribution in [0.3, 0.4) is 0 Å². The number of anilines is 1. The summed E-state index contributed by atoms with van der Waals surface area (Å²) in [5, 5.41) is 2.83. The molecule has 0 radical (unpaired) electrons. The average Bonchev–Trinajstić information content (AvgIpc) is 3.18. The number of likely N-dealkylation sites (tertiary alicyclic amines) is 1. The van der Waals surface area contributed by atoms with E-state index >= 15 is 0 Å². The smallest absolute Gasteiger partial charge is 0.257 e. The quantitative estimate of drug-likeness (QED) is 0.884. The molecule has 2 saturated heterocycles. The Morgan fingerprint density at radius 1 is 1.04 bits per heavy atom. The van der Waals surface area contributed by atoms with E-state index in [2.05, 4.69) is 10.3 Å². The molecule has 1 N–H and O–H groups in total. The Kier molecular flexibility index (Phi) is 5.11. The van der Waals surface area contributed by atoms with Crippen LogP contribution in [0.4, 0.5) is 5.69 Å². The Morgan fingerprint density at radius 3 is 2.36 bits per heavy atom. The first-order valence-electron chi connectivity index (χ1n) is 9.45. The molecule has 7 heteroatoms. The predicted molar refractivity (Wildman–Crippen MR) is 103 cm³/mol. The molecular formula is C21H23N3O4. The second-order valence-corrected chi connectivity index (χ2v) is 7.18. The van der Waals surface area contributed by atoms with Gasteiger partial charge in [-0.3, -0.25) is 14.6 Å². The number of nitrogens with one attached hydrogen (secondary N) is 1. The molecular weight excluding hydrogens is 358 g/mol. The number of hydrogen-bond acceptors (Lipinski definition) is 5. The molecule has 2 aromatic rings. The number of amides is 2. The fourth-order valence-electron chi connectivity index (χ4n) is 3.54. The van der Waals surface area contributed by atoms with Gasteiger partial charge >= 0.3 is 0 Å². The highest BCUT2D eigenvalue weighted by molar-refractivity contribution is 6.05. The third-order valence-electron chi connectivity index (χ3n) is 5.18. The number of nitrogens with zero attached hydrogens (tertiary/aromatic N) is 2. The number of rotatable bonds is 3. The summed E-state index contributed by atoms with van der Waals surface area (Å²) in [6, 6.07) is 9.12. The van der Waals surface area contributed by atoms with Crippen LogP contribution < -0.4 is 5.32 Å². The lowest BCUT2D eigenvalue weighted by Gasteiger charge is -2.37. The summed E-state index contributed by atoms with van der Waals surface area (Å²) in [5.41, 5.74) is 2.57. The van der Waals surface area contributed by atoms with Crippen molar-refractivity contribution in [2.75, 3.05) is 31.6 Å². The topological polar surface area (TPSA) is 80.8 Å². The van der Waals surface area contributed by atoms with Crippen molar-refractivity contribution >= 4 is 17.5 Å². The maximum absolute atomic E-state index is 12.8. The van der Waals surface area contributed by atoms with Crippen molar-refractivity contribution < 1.29 is 19.1 Å². The molecule has 4 rings (SSSR count). The number of aromatic nitrogens is 1. The fraction of sp³-hybridized carbons (Fsp3) is 0.381. The molecule has 0 unspecified atom stereocenters. The van der Waals surface area contributed by atoms with E-state index in [0.717, 1.165) is 5.56 Å². The predicted octanol–water partition coefficient (Wildman–Crippen LogP) is 2.62. The SMILES string of the molecule is Cc1ccc(NC(=O)c2cncc(C(=O)N3CCC4(CC3)OCCO4)c2)cc1. The summed E-state index contributed by atoms with van der Waals surface area (Å²) in [5.74, 6) is -0.952. The second-order valence-electron chi connectivity index (χ2n) is 7.18. The molecule has 2 aliphatic rings. The molecule has 0 atom stereocenters. The van der Waals surface area contributed by atoms with Gasteiger partial charge in [-0.2, -0.15) is 0 Å². The van der Waals surface area contributed by atoms with Crippen LogP contribution in [0.1, 0.15) is 39.1 Å². The minimum atomic E-state index is -0.523. The number of carbonyl (C=O) groups is 2. The second kappa shape index (κ2) is 7.69. The van der Waals surface area contributed by atoms with E-state index in [9.17, 15) is 9.59 Å². The van der Waals surface area contributed by atoms with Crippen LogP contribution >= 0.6 is 0 Å². The minimum Gasteiger partial charge on any atom is -0.347 e. The van der Waals surface area contributed by atoms with Crippen molar-refractivity contribution in [2.45, 2.75) is 25.6 Å². The highest BCUT2D eigenvalue weighted by atomic mass is 16.7. The maximum Gasteiger partial charge on any atom is 0.257 e. The lowest BCUT2D eigenvalue weighted by Crippen LogP contribution is -2.47. The number of hydrogen-bond donors (Lipinski definition) is 1. The van der Waals surface area contributed by atoms with E-state index in [-0.39, 0.29) is 11.8 Å². The lowest BCUT2D eigenvalue weighted by molar-refractivity contribution is -0.181. The van der Waals surface area contributed by atoms with Crippen molar-refractivity contribution in [1.29, 1.82) is 0 Å². The minimum absolute atomic E-state index is 0.134. The van der Waals surface area contributed by atoms with Gasteiger partial charge in [-0.1, -0.05) is 17.7 Å². The number of benzene rings is 1.